The second-order valence-electron chi connectivity index (χ2n) is 8.18. The zero-order valence-electron chi connectivity index (χ0n) is 14.9. The molecule has 0 atom stereocenters. The Labute approximate surface area is 158 Å². The third-order valence-electron chi connectivity index (χ3n) is 6.37. The molecule has 4 bridgehead atoms. The first-order valence-electron chi connectivity index (χ1n) is 9.27. The van der Waals surface area contributed by atoms with E-state index in [1.807, 2.05) is 0 Å². The summed E-state index contributed by atoms with van der Waals surface area (Å²) in [5.74, 6) is 2.70. The van der Waals surface area contributed by atoms with Gasteiger partial charge in [0, 0.05) is 11.8 Å². The minimum Gasteiger partial charge on any atom is -0.496 e. The van der Waals surface area contributed by atoms with E-state index in [9.17, 15) is 9.59 Å². The van der Waals surface area contributed by atoms with Crippen molar-refractivity contribution in [2.75, 3.05) is 12.4 Å². The fourth-order valence-corrected chi connectivity index (χ4v) is 5.88. The molecular weight excluding hydrogens is 348 g/mol. The lowest BCUT2D eigenvalue weighted by Crippen LogP contribution is -2.55. The van der Waals surface area contributed by atoms with Crippen molar-refractivity contribution in [1.82, 2.24) is 5.32 Å². The molecule has 4 aliphatic rings. The molecule has 1 amide bonds. The summed E-state index contributed by atoms with van der Waals surface area (Å²) in [7, 11) is 1.51. The van der Waals surface area contributed by atoms with Gasteiger partial charge in [0.25, 0.3) is 0 Å². The predicted molar refractivity (Wildman–Crippen MR) is 103 cm³/mol. The molecular formula is C20H24N2O3S. The van der Waals surface area contributed by atoms with Gasteiger partial charge >= 0.3 is 0 Å². The largest absolute Gasteiger partial charge is 0.496 e. The van der Waals surface area contributed by atoms with Crippen LogP contribution in [0.25, 0.3) is 0 Å². The number of aldehydes is 1. The standard InChI is InChI=1S/C20H24N2O3S/c1-25-17-7-16(3-2-15(17)11-23)21-19(26)22-18(24)20-8-12-4-13(9-20)6-14(5-12)10-20/h2-3,7,11-14H,4-6,8-10H2,1H3,(H2,21,22,24,26). The second kappa shape index (κ2) is 6.65. The zero-order chi connectivity index (χ0) is 18.3. The van der Waals surface area contributed by atoms with E-state index in [4.69, 9.17) is 17.0 Å². The predicted octanol–water partition coefficient (Wildman–Crippen LogP) is 3.54. The number of nitrogens with one attached hydrogen (secondary N) is 2. The summed E-state index contributed by atoms with van der Waals surface area (Å²) in [5.41, 5.74) is 0.935. The molecule has 5 nitrogen and oxygen atoms in total. The van der Waals surface area contributed by atoms with Crippen molar-refractivity contribution in [3.63, 3.8) is 0 Å². The number of hydrogen-bond donors (Lipinski definition) is 2. The Morgan fingerprint density at radius 1 is 1.19 bits per heavy atom. The zero-order valence-corrected chi connectivity index (χ0v) is 15.7. The van der Waals surface area contributed by atoms with Gasteiger partial charge < -0.3 is 15.4 Å². The monoisotopic (exact) mass is 372 g/mol. The molecule has 0 saturated heterocycles. The van der Waals surface area contributed by atoms with E-state index in [0.29, 0.717) is 39.9 Å². The molecule has 0 spiro atoms. The molecule has 4 saturated carbocycles. The van der Waals surface area contributed by atoms with Crippen LogP contribution in [0.15, 0.2) is 18.2 Å². The molecule has 0 heterocycles. The van der Waals surface area contributed by atoms with Crippen LogP contribution >= 0.6 is 12.2 Å². The lowest BCUT2D eigenvalue weighted by Gasteiger charge is -2.55. The SMILES string of the molecule is COc1cc(NC(=S)NC(=O)C23CC4CC(CC(C4)C2)C3)ccc1C=O. The normalized spacial score (nSPS) is 31.3. The van der Waals surface area contributed by atoms with Crippen molar-refractivity contribution in [3.05, 3.63) is 23.8 Å². The highest BCUT2D eigenvalue weighted by Gasteiger charge is 2.54. The Bertz CT molecular complexity index is 726. The minimum absolute atomic E-state index is 0.0746. The van der Waals surface area contributed by atoms with E-state index < -0.39 is 0 Å². The quantitative estimate of drug-likeness (QED) is 0.625. The number of carbonyl (C=O) groups is 2. The molecule has 4 aliphatic carbocycles. The van der Waals surface area contributed by atoms with Gasteiger partial charge in [-0.2, -0.15) is 0 Å². The molecule has 0 aliphatic heterocycles. The number of ether oxygens (including phenoxy) is 1. The Balaban J connectivity index is 1.42. The molecule has 1 aromatic rings. The van der Waals surface area contributed by atoms with Gasteiger partial charge in [0.05, 0.1) is 18.1 Å². The molecule has 5 rings (SSSR count). The Morgan fingerprint density at radius 3 is 2.35 bits per heavy atom. The molecule has 4 fully saturated rings. The fourth-order valence-electron chi connectivity index (χ4n) is 5.67. The van der Waals surface area contributed by atoms with E-state index in [1.165, 1.54) is 26.4 Å². The van der Waals surface area contributed by atoms with E-state index in [-0.39, 0.29) is 11.3 Å². The average Bonchev–Trinajstić information content (AvgIpc) is 2.60. The maximum Gasteiger partial charge on any atom is 0.232 e. The fraction of sp³-hybridized carbons (Fsp3) is 0.550. The van der Waals surface area contributed by atoms with Crippen molar-refractivity contribution < 1.29 is 14.3 Å². The Hall–Kier alpha value is -1.95. The van der Waals surface area contributed by atoms with Crippen LogP contribution in [-0.4, -0.2) is 24.4 Å². The summed E-state index contributed by atoms with van der Waals surface area (Å²) in [6.45, 7) is 0. The average molecular weight is 372 g/mol. The third kappa shape index (κ3) is 3.11. The molecule has 1 aromatic carbocycles. The summed E-state index contributed by atoms with van der Waals surface area (Å²) < 4.78 is 5.20. The smallest absolute Gasteiger partial charge is 0.232 e. The van der Waals surface area contributed by atoms with Crippen LogP contribution in [0, 0.1) is 23.2 Å². The number of hydrogen-bond acceptors (Lipinski definition) is 4. The van der Waals surface area contributed by atoms with E-state index in [1.54, 1.807) is 18.2 Å². The maximum atomic E-state index is 13.0. The topological polar surface area (TPSA) is 67.4 Å². The molecule has 0 aromatic heterocycles. The number of benzene rings is 1. The first-order chi connectivity index (χ1) is 12.5. The summed E-state index contributed by atoms with van der Waals surface area (Å²) in [4.78, 5) is 24.0. The molecule has 0 unspecified atom stereocenters. The number of amides is 1. The van der Waals surface area contributed by atoms with Crippen molar-refractivity contribution in [3.8, 4) is 5.75 Å². The van der Waals surface area contributed by atoms with Crippen LogP contribution in [0.2, 0.25) is 0 Å². The lowest BCUT2D eigenvalue weighted by atomic mass is 9.49. The van der Waals surface area contributed by atoms with Crippen molar-refractivity contribution in [2.45, 2.75) is 38.5 Å². The number of thiocarbonyl (C=S) groups is 1. The van der Waals surface area contributed by atoms with Gasteiger partial charge in [0.1, 0.15) is 5.75 Å². The van der Waals surface area contributed by atoms with Crippen LogP contribution < -0.4 is 15.4 Å². The Kier molecular flexibility index (Phi) is 4.47. The van der Waals surface area contributed by atoms with Gasteiger partial charge in [-0.3, -0.25) is 9.59 Å². The molecule has 138 valence electrons. The van der Waals surface area contributed by atoms with Gasteiger partial charge in [-0.05, 0) is 80.6 Å². The summed E-state index contributed by atoms with van der Waals surface area (Å²) in [6, 6.07) is 5.11. The highest BCUT2D eigenvalue weighted by molar-refractivity contribution is 7.80. The van der Waals surface area contributed by atoms with Crippen LogP contribution in [0.5, 0.6) is 5.75 Å². The lowest BCUT2D eigenvalue weighted by molar-refractivity contribution is -0.144. The highest BCUT2D eigenvalue weighted by atomic mass is 32.1. The van der Waals surface area contributed by atoms with Gasteiger partial charge in [-0.25, -0.2) is 0 Å². The molecule has 26 heavy (non-hydrogen) atoms. The van der Waals surface area contributed by atoms with E-state index >= 15 is 0 Å². The van der Waals surface area contributed by atoms with E-state index in [2.05, 4.69) is 10.6 Å². The van der Waals surface area contributed by atoms with Crippen LogP contribution in [0.1, 0.15) is 48.9 Å². The minimum atomic E-state index is -0.223. The van der Waals surface area contributed by atoms with Gasteiger partial charge in [0.15, 0.2) is 11.4 Å². The van der Waals surface area contributed by atoms with Crippen molar-refractivity contribution in [2.24, 2.45) is 23.2 Å². The first-order valence-corrected chi connectivity index (χ1v) is 9.68. The van der Waals surface area contributed by atoms with Gasteiger partial charge in [0.2, 0.25) is 5.91 Å². The maximum absolute atomic E-state index is 13.0. The van der Waals surface area contributed by atoms with Crippen molar-refractivity contribution >= 4 is 35.2 Å². The van der Waals surface area contributed by atoms with Crippen LogP contribution in [0.3, 0.4) is 0 Å². The highest BCUT2D eigenvalue weighted by Crippen LogP contribution is 2.60. The number of methoxy groups -OCH3 is 1. The van der Waals surface area contributed by atoms with Gasteiger partial charge in [-0.15, -0.1) is 0 Å². The summed E-state index contributed by atoms with van der Waals surface area (Å²) >= 11 is 5.35. The number of rotatable bonds is 4. The van der Waals surface area contributed by atoms with Crippen LogP contribution in [-0.2, 0) is 4.79 Å². The number of carbonyl (C=O) groups excluding carboxylic acids is 2. The Morgan fingerprint density at radius 2 is 1.81 bits per heavy atom. The number of anilines is 1. The molecule has 6 heteroatoms. The van der Waals surface area contributed by atoms with Gasteiger partial charge in [-0.1, -0.05) is 0 Å². The summed E-state index contributed by atoms with van der Waals surface area (Å²) in [6.07, 6.45) is 7.68. The second-order valence-corrected chi connectivity index (χ2v) is 8.59. The molecule has 0 radical (unpaired) electrons. The molecule has 2 N–H and O–H groups in total. The van der Waals surface area contributed by atoms with Crippen molar-refractivity contribution in [1.29, 1.82) is 0 Å². The van der Waals surface area contributed by atoms with E-state index in [0.717, 1.165) is 25.5 Å². The van der Waals surface area contributed by atoms with Crippen LogP contribution in [0.4, 0.5) is 5.69 Å². The third-order valence-corrected chi connectivity index (χ3v) is 6.57. The summed E-state index contributed by atoms with van der Waals surface area (Å²) in [5, 5.41) is 6.25. The first kappa shape index (κ1) is 17.5.